The van der Waals surface area contributed by atoms with Gasteiger partial charge in [-0.25, -0.2) is 0 Å². The summed E-state index contributed by atoms with van der Waals surface area (Å²) in [6.45, 7) is 16.5. The van der Waals surface area contributed by atoms with Crippen molar-refractivity contribution in [3.63, 3.8) is 0 Å². The van der Waals surface area contributed by atoms with Crippen LogP contribution in [0.1, 0.15) is 74.9 Å². The van der Waals surface area contributed by atoms with Gasteiger partial charge < -0.3 is 5.11 Å². The summed E-state index contributed by atoms with van der Waals surface area (Å²) in [5.41, 5.74) is 5.20. The van der Waals surface area contributed by atoms with Crippen molar-refractivity contribution in [1.29, 1.82) is 0 Å². The van der Waals surface area contributed by atoms with E-state index in [0.29, 0.717) is 12.2 Å². The van der Waals surface area contributed by atoms with Crippen LogP contribution in [0.25, 0.3) is 0 Å². The van der Waals surface area contributed by atoms with Gasteiger partial charge in [0.1, 0.15) is 5.75 Å². The number of phenols is 1. The average Bonchev–Trinajstić information content (AvgIpc) is 2.43. The third-order valence-corrected chi connectivity index (χ3v) is 4.64. The standard InChI is InChI=1S/C23H31O2/c1-14-9-16(20(24)18(11-14)22(3,4)5)13-17-10-15(2)12-19(21(17)25)23(6,7)8/h9-12,24H,13H2,1-8H3. The Morgan fingerprint density at radius 2 is 1.20 bits per heavy atom. The first-order valence-electron chi connectivity index (χ1n) is 8.94. The van der Waals surface area contributed by atoms with Crippen molar-refractivity contribution in [2.45, 2.75) is 72.6 Å². The minimum Gasteiger partial charge on any atom is -0.507 e. The number of benzene rings is 2. The maximum Gasteiger partial charge on any atom is 0.185 e. The summed E-state index contributed by atoms with van der Waals surface area (Å²) < 4.78 is 0. The van der Waals surface area contributed by atoms with E-state index in [1.807, 2.05) is 38.1 Å². The number of aryl methyl sites for hydroxylation is 2. The van der Waals surface area contributed by atoms with Gasteiger partial charge in [0.05, 0.1) is 0 Å². The summed E-state index contributed by atoms with van der Waals surface area (Å²) >= 11 is 0. The number of aromatic hydroxyl groups is 1. The minimum absolute atomic E-state index is 0.0938. The molecule has 2 aromatic rings. The molecule has 2 aromatic carbocycles. The molecule has 0 atom stereocenters. The van der Waals surface area contributed by atoms with Crippen molar-refractivity contribution in [3.8, 4) is 11.5 Å². The first-order valence-corrected chi connectivity index (χ1v) is 8.94. The number of rotatable bonds is 2. The maximum absolute atomic E-state index is 13.0. The first kappa shape index (κ1) is 19.4. The van der Waals surface area contributed by atoms with E-state index in [9.17, 15) is 10.2 Å². The molecule has 2 rings (SSSR count). The number of phenolic OH excluding ortho intramolecular Hbond substituents is 1. The second-order valence-corrected chi connectivity index (χ2v) is 9.30. The molecule has 0 fully saturated rings. The molecule has 0 spiro atoms. The van der Waals surface area contributed by atoms with Crippen LogP contribution in [0.5, 0.6) is 11.5 Å². The molecule has 1 radical (unpaired) electrons. The molecule has 0 aliphatic rings. The molecule has 25 heavy (non-hydrogen) atoms. The van der Waals surface area contributed by atoms with E-state index < -0.39 is 0 Å². The lowest BCUT2D eigenvalue weighted by atomic mass is 9.81. The lowest BCUT2D eigenvalue weighted by molar-refractivity contribution is 0.336. The largest absolute Gasteiger partial charge is 0.507 e. The minimum atomic E-state index is -0.191. The summed E-state index contributed by atoms with van der Waals surface area (Å²) in [5, 5.41) is 23.8. The lowest BCUT2D eigenvalue weighted by Gasteiger charge is -2.24. The van der Waals surface area contributed by atoms with Crippen LogP contribution in [-0.4, -0.2) is 5.11 Å². The average molecular weight is 339 g/mol. The fourth-order valence-electron chi connectivity index (χ4n) is 3.30. The third-order valence-electron chi connectivity index (χ3n) is 4.64. The second kappa shape index (κ2) is 6.40. The quantitative estimate of drug-likeness (QED) is 0.681. The summed E-state index contributed by atoms with van der Waals surface area (Å²) in [6.07, 6.45) is 0.459. The van der Waals surface area contributed by atoms with Crippen LogP contribution in [0.2, 0.25) is 0 Å². The van der Waals surface area contributed by atoms with E-state index in [2.05, 4.69) is 41.5 Å². The topological polar surface area (TPSA) is 40.1 Å². The van der Waals surface area contributed by atoms with Gasteiger partial charge in [0.2, 0.25) is 0 Å². The Hall–Kier alpha value is -1.96. The van der Waals surface area contributed by atoms with Gasteiger partial charge in [-0.2, -0.15) is 0 Å². The SMILES string of the molecule is Cc1cc(Cc2cc(C)cc(C(C)(C)C)c2O)c([O])c(C(C)(C)C)c1. The van der Waals surface area contributed by atoms with Gasteiger partial charge in [0.25, 0.3) is 0 Å². The molecule has 0 unspecified atom stereocenters. The lowest BCUT2D eigenvalue weighted by Crippen LogP contribution is -2.13. The van der Waals surface area contributed by atoms with Gasteiger partial charge in [-0.1, -0.05) is 76.9 Å². The number of hydrogen-bond donors (Lipinski definition) is 1. The second-order valence-electron chi connectivity index (χ2n) is 9.30. The molecule has 0 heterocycles. The van der Waals surface area contributed by atoms with Crippen LogP contribution in [0.15, 0.2) is 24.3 Å². The molecule has 2 heteroatoms. The van der Waals surface area contributed by atoms with Gasteiger partial charge >= 0.3 is 0 Å². The summed E-state index contributed by atoms with van der Waals surface area (Å²) in [7, 11) is 0. The highest BCUT2D eigenvalue weighted by Crippen LogP contribution is 2.39. The molecule has 2 nitrogen and oxygen atoms in total. The molecule has 135 valence electrons. The first-order chi connectivity index (χ1) is 11.3. The van der Waals surface area contributed by atoms with E-state index in [-0.39, 0.29) is 16.6 Å². The van der Waals surface area contributed by atoms with Crippen molar-refractivity contribution in [2.24, 2.45) is 0 Å². The van der Waals surface area contributed by atoms with Gasteiger partial charge in [-0.3, -0.25) is 5.11 Å². The molecule has 0 amide bonds. The van der Waals surface area contributed by atoms with Crippen LogP contribution >= 0.6 is 0 Å². The van der Waals surface area contributed by atoms with E-state index >= 15 is 0 Å². The maximum atomic E-state index is 13.0. The molecular formula is C23H31O2. The summed E-state index contributed by atoms with van der Waals surface area (Å²) in [4.78, 5) is 0. The van der Waals surface area contributed by atoms with Gasteiger partial charge in [0, 0.05) is 17.5 Å². The zero-order valence-corrected chi connectivity index (χ0v) is 16.9. The van der Waals surface area contributed by atoms with Crippen LogP contribution in [-0.2, 0) is 22.4 Å². The fourth-order valence-corrected chi connectivity index (χ4v) is 3.30. The molecule has 0 aliphatic heterocycles. The highest BCUT2D eigenvalue weighted by molar-refractivity contribution is 5.53. The molecule has 0 aliphatic carbocycles. The highest BCUT2D eigenvalue weighted by Gasteiger charge is 2.24. The molecular weight excluding hydrogens is 308 g/mol. The third kappa shape index (κ3) is 4.18. The van der Waals surface area contributed by atoms with Crippen molar-refractivity contribution >= 4 is 0 Å². The van der Waals surface area contributed by atoms with Crippen LogP contribution < -0.4 is 0 Å². The number of hydrogen-bond acceptors (Lipinski definition) is 1. The predicted molar refractivity (Wildman–Crippen MR) is 104 cm³/mol. The van der Waals surface area contributed by atoms with E-state index in [1.54, 1.807) is 0 Å². The van der Waals surface area contributed by atoms with Crippen molar-refractivity contribution < 1.29 is 10.2 Å². The molecule has 0 saturated heterocycles. The Morgan fingerprint density at radius 1 is 0.760 bits per heavy atom. The van der Waals surface area contributed by atoms with Gasteiger partial charge in [-0.15, -0.1) is 0 Å². The van der Waals surface area contributed by atoms with Crippen LogP contribution in [0.4, 0.5) is 0 Å². The zero-order valence-electron chi connectivity index (χ0n) is 16.9. The highest BCUT2D eigenvalue weighted by atomic mass is 16.3. The smallest absolute Gasteiger partial charge is 0.185 e. The van der Waals surface area contributed by atoms with Crippen molar-refractivity contribution in [3.05, 3.63) is 57.6 Å². The van der Waals surface area contributed by atoms with E-state index in [1.165, 1.54) is 0 Å². The Balaban J connectivity index is 2.58. The van der Waals surface area contributed by atoms with Crippen molar-refractivity contribution in [2.75, 3.05) is 0 Å². The Morgan fingerprint density at radius 3 is 1.68 bits per heavy atom. The zero-order chi connectivity index (χ0) is 19.2. The summed E-state index contributed by atoms with van der Waals surface area (Å²) in [5.74, 6) is 0.410. The van der Waals surface area contributed by atoms with Crippen LogP contribution in [0.3, 0.4) is 0 Å². The molecule has 0 aromatic heterocycles. The Kier molecular flexibility index (Phi) is 4.96. The Bertz CT molecular complexity index is 720. The van der Waals surface area contributed by atoms with Crippen LogP contribution in [0, 0.1) is 13.8 Å². The van der Waals surface area contributed by atoms with E-state index in [0.717, 1.165) is 33.4 Å². The summed E-state index contributed by atoms with van der Waals surface area (Å²) in [6, 6.07) is 7.97. The predicted octanol–water partition coefficient (Wildman–Crippen LogP) is 6.34. The van der Waals surface area contributed by atoms with Crippen molar-refractivity contribution in [1.82, 2.24) is 0 Å². The molecule has 1 N–H and O–H groups in total. The monoisotopic (exact) mass is 339 g/mol. The van der Waals surface area contributed by atoms with E-state index in [4.69, 9.17) is 0 Å². The molecule has 0 saturated carbocycles. The normalized spacial score (nSPS) is 12.5. The van der Waals surface area contributed by atoms with Gasteiger partial charge in [0.15, 0.2) is 5.75 Å². The van der Waals surface area contributed by atoms with Gasteiger partial charge in [-0.05, 0) is 35.8 Å². The fraction of sp³-hybridized carbons (Fsp3) is 0.478. The Labute approximate surface area is 152 Å². The molecule has 0 bridgehead atoms.